The van der Waals surface area contributed by atoms with Gasteiger partial charge in [-0.25, -0.2) is 29.9 Å². The standard InChI is InChI=1S/C54H32N6.C48H28N6/c1-2-5-34(6-3-1)45-25-21-39-14-15-40-22-26-46(60-53(40)52(39)59-45)35-10-8-33(9-11-35)41-16-12-36-19-24-47(57-49(36)31-41)42-17-13-37-20-27-48(58-50(37)32-42)43-28-30-56-54-44(43)23-18-38-7-4-29-55-51(38)54;1-3-33-13-17-39-37(21-25-51-47(39)45(33)49-23-1)30-7-5-29(6-8-30)35-11-9-31-15-19-41(53-43(31)27-35)36-12-10-32-16-20-42(54-44(32)28-36)38-22-26-52-48-40(38)18-14-34-4-2-24-50-46(34)48/h1-32H;1-28H. The van der Waals surface area contributed by atoms with Crippen molar-refractivity contribution < 1.29 is 0 Å². The molecule has 12 heteroatoms. The van der Waals surface area contributed by atoms with E-state index in [1.165, 1.54) is 0 Å². The summed E-state index contributed by atoms with van der Waals surface area (Å²) in [6.45, 7) is 0. The van der Waals surface area contributed by atoms with Crippen LogP contribution in [-0.2, 0) is 0 Å². The molecule has 0 fully saturated rings. The maximum Gasteiger partial charge on any atom is 0.0972 e. The first kappa shape index (κ1) is 65.4. The lowest BCUT2D eigenvalue weighted by Gasteiger charge is -2.10. The molecule has 0 amide bonds. The number of pyridine rings is 12. The first-order chi connectivity index (χ1) is 56.4. The Morgan fingerprint density at radius 2 is 0.421 bits per heavy atom. The van der Waals surface area contributed by atoms with Crippen LogP contribution in [0.5, 0.6) is 0 Å². The Morgan fingerprint density at radius 1 is 0.140 bits per heavy atom. The van der Waals surface area contributed by atoms with Crippen molar-refractivity contribution in [1.29, 1.82) is 0 Å². The number of benzene rings is 11. The molecular formula is C102H60N12. The van der Waals surface area contributed by atoms with E-state index in [9.17, 15) is 0 Å². The van der Waals surface area contributed by atoms with Gasteiger partial charge >= 0.3 is 0 Å². The maximum absolute atomic E-state index is 5.17. The van der Waals surface area contributed by atoms with E-state index in [2.05, 4.69) is 294 Å². The zero-order valence-corrected chi connectivity index (χ0v) is 61.0. The van der Waals surface area contributed by atoms with Crippen molar-refractivity contribution >= 4 is 131 Å². The van der Waals surface area contributed by atoms with Gasteiger partial charge in [0.15, 0.2) is 0 Å². The number of fused-ring (bicyclic) bond motifs is 16. The number of rotatable bonds is 9. The normalized spacial score (nSPS) is 11.7. The minimum atomic E-state index is 0.878. The molecule has 0 unspecified atom stereocenters. The van der Waals surface area contributed by atoms with E-state index in [0.29, 0.717) is 0 Å². The van der Waals surface area contributed by atoms with Crippen LogP contribution < -0.4 is 0 Å². The van der Waals surface area contributed by atoms with Gasteiger partial charge in [0.2, 0.25) is 0 Å². The summed E-state index contributed by atoms with van der Waals surface area (Å²) in [6, 6.07) is 114. The molecule has 528 valence electrons. The lowest BCUT2D eigenvalue weighted by Crippen LogP contribution is -1.91. The van der Waals surface area contributed by atoms with Gasteiger partial charge in [-0.1, -0.05) is 231 Å². The van der Waals surface area contributed by atoms with Crippen molar-refractivity contribution in [2.24, 2.45) is 0 Å². The third-order valence-electron chi connectivity index (χ3n) is 22.0. The van der Waals surface area contributed by atoms with Crippen LogP contribution in [0.1, 0.15) is 0 Å². The highest BCUT2D eigenvalue weighted by Crippen LogP contribution is 2.39. The minimum Gasteiger partial charge on any atom is -0.254 e. The third kappa shape index (κ3) is 11.7. The summed E-state index contributed by atoms with van der Waals surface area (Å²) in [5, 5.41) is 12.8. The van der Waals surface area contributed by atoms with Gasteiger partial charge in [-0.2, -0.15) is 0 Å². The van der Waals surface area contributed by atoms with Gasteiger partial charge in [0.25, 0.3) is 0 Å². The highest BCUT2D eigenvalue weighted by atomic mass is 14.8. The molecule has 0 saturated heterocycles. The van der Waals surface area contributed by atoms with E-state index in [-0.39, 0.29) is 0 Å². The Bertz CT molecular complexity index is 7870. The lowest BCUT2D eigenvalue weighted by atomic mass is 9.97. The molecule has 23 rings (SSSR count). The fraction of sp³-hybridized carbons (Fsp3) is 0. The van der Waals surface area contributed by atoms with Gasteiger partial charge in [0.05, 0.1) is 100 Å². The van der Waals surface area contributed by atoms with Gasteiger partial charge in [-0.3, -0.25) is 29.9 Å². The number of nitrogens with zero attached hydrogens (tertiary/aromatic N) is 12. The van der Waals surface area contributed by atoms with E-state index < -0.39 is 0 Å². The van der Waals surface area contributed by atoms with Crippen molar-refractivity contribution in [1.82, 2.24) is 59.8 Å². The molecule has 12 aromatic heterocycles. The smallest absolute Gasteiger partial charge is 0.0972 e. The summed E-state index contributed by atoms with van der Waals surface area (Å²) in [7, 11) is 0. The number of hydrogen-bond acceptors (Lipinski definition) is 12. The lowest BCUT2D eigenvalue weighted by molar-refractivity contribution is 1.35. The van der Waals surface area contributed by atoms with Crippen LogP contribution in [-0.4, -0.2) is 59.8 Å². The zero-order chi connectivity index (χ0) is 75.2. The molecule has 0 spiro atoms. The SMILES string of the molecule is c1ccc(-c2ccc3ccc4ccc(-c5ccc(-c6ccc7ccc(-c8ccc9ccc(-c%10ccnc%11c%10ccc%10cccnc%10%11)nc9c8)nc7c6)cc5)nc4c3n2)cc1.c1cnc2c(c1)ccc1c(-c3ccc(-c4ccc5ccc(-c6ccc7ccc(-c8ccnc9c8ccc8cccnc89)nc7c6)nc5c4)cc3)ccnc12. The highest BCUT2D eigenvalue weighted by Gasteiger charge is 2.18. The molecule has 0 radical (unpaired) electrons. The van der Waals surface area contributed by atoms with Gasteiger partial charge < -0.3 is 0 Å². The molecule has 0 aliphatic heterocycles. The molecule has 12 heterocycles. The van der Waals surface area contributed by atoms with Crippen LogP contribution in [0.3, 0.4) is 0 Å². The predicted octanol–water partition coefficient (Wildman–Crippen LogP) is 25.0. The van der Waals surface area contributed by atoms with E-state index in [0.717, 1.165) is 232 Å². The number of aromatic nitrogens is 12. The van der Waals surface area contributed by atoms with Gasteiger partial charge in [-0.15, -0.1) is 0 Å². The van der Waals surface area contributed by atoms with E-state index in [1.54, 1.807) is 0 Å². The molecule has 0 bridgehead atoms. The van der Waals surface area contributed by atoms with E-state index in [4.69, 9.17) is 44.9 Å². The zero-order valence-electron chi connectivity index (χ0n) is 61.0. The molecule has 0 atom stereocenters. The van der Waals surface area contributed by atoms with Gasteiger partial charge in [-0.05, 0) is 130 Å². The van der Waals surface area contributed by atoms with Crippen molar-refractivity contribution in [3.63, 3.8) is 0 Å². The summed E-state index contributed by atoms with van der Waals surface area (Å²) >= 11 is 0. The Hall–Kier alpha value is -15.7. The Kier molecular flexibility index (Phi) is 15.6. The van der Waals surface area contributed by atoms with Crippen molar-refractivity contribution in [2.75, 3.05) is 0 Å². The van der Waals surface area contributed by atoms with E-state index >= 15 is 0 Å². The first-order valence-corrected chi connectivity index (χ1v) is 37.9. The minimum absolute atomic E-state index is 0.878. The largest absolute Gasteiger partial charge is 0.254 e. The highest BCUT2D eigenvalue weighted by molar-refractivity contribution is 6.11. The molecule has 114 heavy (non-hydrogen) atoms. The fourth-order valence-electron chi connectivity index (χ4n) is 16.1. The maximum atomic E-state index is 5.17. The fourth-order valence-corrected chi connectivity index (χ4v) is 16.1. The summed E-state index contributed by atoms with van der Waals surface area (Å²) in [5.74, 6) is 0. The molecular weight excluding hydrogens is 1390 g/mol. The molecule has 0 aliphatic carbocycles. The molecule has 0 aliphatic rings. The van der Waals surface area contributed by atoms with Crippen LogP contribution in [0.2, 0.25) is 0 Å². The quantitative estimate of drug-likeness (QED) is 0.126. The predicted molar refractivity (Wildman–Crippen MR) is 465 cm³/mol. The Balaban J connectivity index is 0.000000140. The molecule has 23 aromatic rings. The monoisotopic (exact) mass is 1450 g/mol. The van der Waals surface area contributed by atoms with Crippen LogP contribution >= 0.6 is 0 Å². The summed E-state index contributed by atoms with van der Waals surface area (Å²) in [6.07, 6.45) is 11.0. The van der Waals surface area contributed by atoms with Crippen LogP contribution in [0.25, 0.3) is 232 Å². The first-order valence-electron chi connectivity index (χ1n) is 37.9. The second kappa shape index (κ2) is 27.2. The van der Waals surface area contributed by atoms with Crippen LogP contribution in [0, 0.1) is 0 Å². The molecule has 0 N–H and O–H groups in total. The average Bonchev–Trinajstić information content (AvgIpc) is 0.798. The van der Waals surface area contributed by atoms with Crippen molar-refractivity contribution in [3.8, 4) is 101 Å². The van der Waals surface area contributed by atoms with Crippen LogP contribution in [0.15, 0.2) is 365 Å². The Labute approximate surface area is 652 Å². The topological polar surface area (TPSA) is 155 Å². The summed E-state index contributed by atoms with van der Waals surface area (Å²) in [4.78, 5) is 58.9. The van der Waals surface area contributed by atoms with Crippen molar-refractivity contribution in [3.05, 3.63) is 365 Å². The second-order valence-corrected chi connectivity index (χ2v) is 28.7. The average molecular weight is 1450 g/mol. The summed E-state index contributed by atoms with van der Waals surface area (Å²) in [5.41, 5.74) is 29.3. The van der Waals surface area contributed by atoms with Crippen molar-refractivity contribution in [2.45, 2.75) is 0 Å². The van der Waals surface area contributed by atoms with Crippen LogP contribution in [0.4, 0.5) is 0 Å². The molecule has 11 aromatic carbocycles. The molecule has 0 saturated carbocycles. The van der Waals surface area contributed by atoms with Gasteiger partial charge in [0.1, 0.15) is 0 Å². The second-order valence-electron chi connectivity index (χ2n) is 28.7. The van der Waals surface area contributed by atoms with E-state index in [1.807, 2.05) is 85.7 Å². The summed E-state index contributed by atoms with van der Waals surface area (Å²) < 4.78 is 0. The molecule has 12 nitrogen and oxygen atoms in total. The third-order valence-corrected chi connectivity index (χ3v) is 22.0. The Morgan fingerprint density at radius 3 is 0.851 bits per heavy atom. The number of hydrogen-bond donors (Lipinski definition) is 0. The van der Waals surface area contributed by atoms with Gasteiger partial charge in [0, 0.05) is 135 Å².